The second kappa shape index (κ2) is 7.91. The van der Waals surface area contributed by atoms with E-state index in [2.05, 4.69) is 0 Å². The fraction of sp³-hybridized carbons (Fsp3) is 0.300. The van der Waals surface area contributed by atoms with Crippen molar-refractivity contribution in [2.75, 3.05) is 13.1 Å². The first-order valence-electron chi connectivity index (χ1n) is 8.56. The number of nitrogens with zero attached hydrogens (tertiary/aromatic N) is 1. The summed E-state index contributed by atoms with van der Waals surface area (Å²) in [5, 5.41) is 19.1. The molecule has 0 bridgehead atoms. The van der Waals surface area contributed by atoms with Crippen LogP contribution in [0.1, 0.15) is 28.8 Å². The van der Waals surface area contributed by atoms with Gasteiger partial charge in [0.25, 0.3) is 5.91 Å². The maximum absolute atomic E-state index is 12.7. The van der Waals surface area contributed by atoms with Gasteiger partial charge in [-0.15, -0.1) is 0 Å². The topological polar surface area (TPSA) is 87.1 Å². The fourth-order valence-corrected chi connectivity index (χ4v) is 3.02. The van der Waals surface area contributed by atoms with Crippen LogP contribution >= 0.6 is 0 Å². The predicted molar refractivity (Wildman–Crippen MR) is 95.1 cm³/mol. The number of aromatic hydroxyl groups is 1. The fourth-order valence-electron chi connectivity index (χ4n) is 3.02. The number of phenolic OH excluding ortho intramolecular Hbond substituents is 1. The van der Waals surface area contributed by atoms with Gasteiger partial charge in [-0.25, -0.2) is 0 Å². The van der Waals surface area contributed by atoms with Crippen LogP contribution in [-0.4, -0.2) is 40.1 Å². The molecule has 1 aliphatic heterocycles. The smallest absolute Gasteiger partial charge is 0.306 e. The molecule has 0 unspecified atom stereocenters. The summed E-state index contributed by atoms with van der Waals surface area (Å²) >= 11 is 0. The van der Waals surface area contributed by atoms with Crippen molar-refractivity contribution < 1.29 is 24.5 Å². The van der Waals surface area contributed by atoms with Gasteiger partial charge in [-0.3, -0.25) is 9.59 Å². The zero-order chi connectivity index (χ0) is 18.5. The van der Waals surface area contributed by atoms with Gasteiger partial charge in [-0.1, -0.05) is 30.3 Å². The highest BCUT2D eigenvalue weighted by molar-refractivity contribution is 5.97. The van der Waals surface area contributed by atoms with E-state index in [1.54, 1.807) is 11.0 Å². The number of amides is 1. The second-order valence-corrected chi connectivity index (χ2v) is 6.36. The molecule has 6 heteroatoms. The molecule has 1 saturated heterocycles. The number of hydrogen-bond acceptors (Lipinski definition) is 4. The first kappa shape index (κ1) is 17.8. The molecule has 0 spiro atoms. The average molecular weight is 355 g/mol. The van der Waals surface area contributed by atoms with Gasteiger partial charge in [0.05, 0.1) is 11.5 Å². The maximum Gasteiger partial charge on any atom is 0.306 e. The first-order chi connectivity index (χ1) is 12.5. The molecule has 0 aliphatic carbocycles. The van der Waals surface area contributed by atoms with E-state index in [0.717, 1.165) is 5.56 Å². The largest absolute Gasteiger partial charge is 0.507 e. The summed E-state index contributed by atoms with van der Waals surface area (Å²) in [6, 6.07) is 14.2. The minimum atomic E-state index is -0.823. The van der Waals surface area contributed by atoms with Gasteiger partial charge in [-0.05, 0) is 36.6 Å². The Balaban J connectivity index is 1.67. The number of phenols is 1. The third-order valence-electron chi connectivity index (χ3n) is 4.58. The van der Waals surface area contributed by atoms with Gasteiger partial charge in [0.2, 0.25) is 0 Å². The zero-order valence-electron chi connectivity index (χ0n) is 14.3. The van der Waals surface area contributed by atoms with Crippen LogP contribution in [0.5, 0.6) is 11.5 Å². The van der Waals surface area contributed by atoms with Crippen LogP contribution in [0.15, 0.2) is 48.5 Å². The average Bonchev–Trinajstić information content (AvgIpc) is 2.67. The zero-order valence-corrected chi connectivity index (χ0v) is 14.3. The van der Waals surface area contributed by atoms with Crippen molar-refractivity contribution in [1.82, 2.24) is 4.90 Å². The van der Waals surface area contributed by atoms with Crippen molar-refractivity contribution in [2.45, 2.75) is 19.4 Å². The third-order valence-corrected chi connectivity index (χ3v) is 4.58. The molecule has 1 amide bonds. The van der Waals surface area contributed by atoms with Gasteiger partial charge in [-0.2, -0.15) is 0 Å². The number of carbonyl (C=O) groups excluding carboxylic acids is 1. The molecule has 0 atom stereocenters. The van der Waals surface area contributed by atoms with Gasteiger partial charge < -0.3 is 19.8 Å². The molecule has 6 nitrogen and oxygen atoms in total. The summed E-state index contributed by atoms with van der Waals surface area (Å²) in [6.45, 7) is 1.10. The van der Waals surface area contributed by atoms with Crippen molar-refractivity contribution in [3.63, 3.8) is 0 Å². The minimum absolute atomic E-state index is 0.109. The molecule has 0 saturated carbocycles. The Bertz CT molecular complexity index is 782. The van der Waals surface area contributed by atoms with E-state index in [0.29, 0.717) is 38.3 Å². The molecule has 2 aromatic rings. The number of benzene rings is 2. The number of aliphatic carboxylic acids is 1. The Labute approximate surface area is 151 Å². The van der Waals surface area contributed by atoms with Gasteiger partial charge in [0, 0.05) is 13.1 Å². The summed E-state index contributed by atoms with van der Waals surface area (Å²) < 4.78 is 5.71. The summed E-state index contributed by atoms with van der Waals surface area (Å²) in [7, 11) is 0. The Hall–Kier alpha value is -3.02. The van der Waals surface area contributed by atoms with Crippen LogP contribution in [0, 0.1) is 5.92 Å². The van der Waals surface area contributed by atoms with Crippen molar-refractivity contribution >= 4 is 11.9 Å². The summed E-state index contributed by atoms with van der Waals surface area (Å²) in [6.07, 6.45) is 0.845. The predicted octanol–water partition coefficient (Wildman–Crippen LogP) is 2.91. The Kier molecular flexibility index (Phi) is 5.41. The van der Waals surface area contributed by atoms with Crippen LogP contribution < -0.4 is 4.74 Å². The van der Waals surface area contributed by atoms with Crippen molar-refractivity contribution in [1.29, 1.82) is 0 Å². The number of piperidine rings is 1. The number of carboxylic acids is 1. The molecular formula is C20H21NO5. The lowest BCUT2D eigenvalue weighted by Crippen LogP contribution is -2.40. The number of hydrogen-bond donors (Lipinski definition) is 2. The van der Waals surface area contributed by atoms with Crippen LogP contribution in [-0.2, 0) is 11.4 Å². The lowest BCUT2D eigenvalue weighted by molar-refractivity contribution is -0.143. The molecule has 2 aromatic carbocycles. The molecule has 1 heterocycles. The van der Waals surface area contributed by atoms with E-state index in [1.807, 2.05) is 30.3 Å². The Morgan fingerprint density at radius 1 is 1.08 bits per heavy atom. The quantitative estimate of drug-likeness (QED) is 0.861. The molecular weight excluding hydrogens is 334 g/mol. The summed E-state index contributed by atoms with van der Waals surface area (Å²) in [5.41, 5.74) is 1.17. The highest BCUT2D eigenvalue weighted by Gasteiger charge is 2.28. The van der Waals surface area contributed by atoms with E-state index in [1.165, 1.54) is 12.1 Å². The molecule has 0 aromatic heterocycles. The SMILES string of the molecule is O=C(O)C1CCN(C(=O)c2cc(OCc3ccccc3)ccc2O)CC1. The first-order valence-corrected chi connectivity index (χ1v) is 8.56. The minimum Gasteiger partial charge on any atom is -0.507 e. The molecule has 1 fully saturated rings. The monoisotopic (exact) mass is 355 g/mol. The Morgan fingerprint density at radius 2 is 1.77 bits per heavy atom. The van der Waals surface area contributed by atoms with Gasteiger partial charge in [0.15, 0.2) is 0 Å². The van der Waals surface area contributed by atoms with Crippen molar-refractivity contribution in [3.05, 3.63) is 59.7 Å². The number of carbonyl (C=O) groups is 2. The van der Waals surface area contributed by atoms with Gasteiger partial charge >= 0.3 is 5.97 Å². The normalized spacial score (nSPS) is 14.8. The number of likely N-dealkylation sites (tertiary alicyclic amines) is 1. The van der Waals surface area contributed by atoms with Crippen LogP contribution in [0.3, 0.4) is 0 Å². The van der Waals surface area contributed by atoms with Crippen LogP contribution in [0.25, 0.3) is 0 Å². The summed E-state index contributed by atoms with van der Waals surface area (Å²) in [4.78, 5) is 25.3. The Morgan fingerprint density at radius 3 is 2.42 bits per heavy atom. The van der Waals surface area contributed by atoms with E-state index in [9.17, 15) is 14.7 Å². The number of carboxylic acid groups (broad SMARTS) is 1. The highest BCUT2D eigenvalue weighted by Crippen LogP contribution is 2.27. The van der Waals surface area contributed by atoms with Crippen LogP contribution in [0.2, 0.25) is 0 Å². The molecule has 3 rings (SSSR count). The summed E-state index contributed by atoms with van der Waals surface area (Å²) in [5.74, 6) is -1.15. The highest BCUT2D eigenvalue weighted by atomic mass is 16.5. The number of ether oxygens (including phenoxy) is 1. The lowest BCUT2D eigenvalue weighted by Gasteiger charge is -2.30. The molecule has 0 radical (unpaired) electrons. The van der Waals surface area contributed by atoms with Gasteiger partial charge in [0.1, 0.15) is 18.1 Å². The van der Waals surface area contributed by atoms with E-state index in [4.69, 9.17) is 9.84 Å². The van der Waals surface area contributed by atoms with Crippen molar-refractivity contribution in [3.8, 4) is 11.5 Å². The molecule has 26 heavy (non-hydrogen) atoms. The van der Waals surface area contributed by atoms with Crippen molar-refractivity contribution in [2.24, 2.45) is 5.92 Å². The van der Waals surface area contributed by atoms with Crippen LogP contribution in [0.4, 0.5) is 0 Å². The van der Waals surface area contributed by atoms with E-state index < -0.39 is 11.9 Å². The molecule has 1 aliphatic rings. The standard InChI is InChI=1S/C20H21NO5/c22-18-7-6-16(26-13-14-4-2-1-3-5-14)12-17(18)19(23)21-10-8-15(9-11-21)20(24)25/h1-7,12,15,22H,8-11,13H2,(H,24,25). The third kappa shape index (κ3) is 4.14. The number of rotatable bonds is 5. The van der Waals surface area contributed by atoms with E-state index >= 15 is 0 Å². The second-order valence-electron chi connectivity index (χ2n) is 6.36. The lowest BCUT2D eigenvalue weighted by atomic mass is 9.96. The van der Waals surface area contributed by atoms with E-state index in [-0.39, 0.29) is 17.2 Å². The maximum atomic E-state index is 12.7. The molecule has 2 N–H and O–H groups in total. The molecule has 136 valence electrons.